The maximum atomic E-state index is 5.79. The van der Waals surface area contributed by atoms with Crippen LogP contribution < -0.4 is 4.90 Å². The summed E-state index contributed by atoms with van der Waals surface area (Å²) in [6, 6.07) is 1.93. The number of rotatable bonds is 2. The van der Waals surface area contributed by atoms with Crippen LogP contribution in [0.4, 0.5) is 5.82 Å². The van der Waals surface area contributed by atoms with E-state index >= 15 is 0 Å². The molecule has 0 radical (unpaired) electrons. The van der Waals surface area contributed by atoms with E-state index in [9.17, 15) is 0 Å². The van der Waals surface area contributed by atoms with E-state index in [-0.39, 0.29) is 0 Å². The van der Waals surface area contributed by atoms with Gasteiger partial charge in [0.1, 0.15) is 5.82 Å². The molecule has 0 aromatic carbocycles. The predicted octanol–water partition coefficient (Wildman–Crippen LogP) is 2.76. The summed E-state index contributed by atoms with van der Waals surface area (Å²) in [5, 5.41) is 0.339. The molecule has 2 rings (SSSR count). The molecule has 0 N–H and O–H groups in total. The molecule has 1 aliphatic rings. The van der Waals surface area contributed by atoms with Gasteiger partial charge in [0.25, 0.3) is 0 Å². The van der Waals surface area contributed by atoms with Gasteiger partial charge >= 0.3 is 0 Å². The average Bonchev–Trinajstić information content (AvgIpc) is 2.29. The lowest BCUT2D eigenvalue weighted by Crippen LogP contribution is -2.35. The van der Waals surface area contributed by atoms with E-state index < -0.39 is 0 Å². The summed E-state index contributed by atoms with van der Waals surface area (Å²) >= 11 is 5.79. The van der Waals surface area contributed by atoms with Gasteiger partial charge in [0.15, 0.2) is 0 Å². The van der Waals surface area contributed by atoms with Crippen LogP contribution in [0.5, 0.6) is 0 Å². The van der Waals surface area contributed by atoms with Crippen LogP contribution in [-0.4, -0.2) is 23.1 Å². The zero-order valence-electron chi connectivity index (χ0n) is 8.99. The Morgan fingerprint density at radius 1 is 1.60 bits per heavy atom. The molecule has 0 bridgehead atoms. The van der Waals surface area contributed by atoms with E-state index in [0.29, 0.717) is 5.28 Å². The predicted molar refractivity (Wildman–Crippen MR) is 62.3 cm³/mol. The van der Waals surface area contributed by atoms with Crippen LogP contribution in [0.15, 0.2) is 12.3 Å². The van der Waals surface area contributed by atoms with Gasteiger partial charge in [-0.1, -0.05) is 13.3 Å². The zero-order valence-corrected chi connectivity index (χ0v) is 9.74. The fourth-order valence-corrected chi connectivity index (χ4v) is 2.25. The van der Waals surface area contributed by atoms with Crippen LogP contribution in [-0.2, 0) is 0 Å². The molecule has 1 fully saturated rings. The van der Waals surface area contributed by atoms with Crippen LogP contribution in [0.1, 0.15) is 26.2 Å². The van der Waals surface area contributed by atoms with Crippen molar-refractivity contribution in [3.05, 3.63) is 17.5 Å². The van der Waals surface area contributed by atoms with Gasteiger partial charge in [-0.25, -0.2) is 9.97 Å². The maximum absolute atomic E-state index is 5.79. The van der Waals surface area contributed by atoms with Crippen molar-refractivity contribution in [2.45, 2.75) is 26.2 Å². The van der Waals surface area contributed by atoms with Crippen molar-refractivity contribution >= 4 is 17.4 Å². The van der Waals surface area contributed by atoms with Gasteiger partial charge in [-0.05, 0) is 36.4 Å². The lowest BCUT2D eigenvalue weighted by atomic mass is 9.96. The van der Waals surface area contributed by atoms with Crippen molar-refractivity contribution in [3.8, 4) is 0 Å². The first-order valence-electron chi connectivity index (χ1n) is 5.53. The number of aromatic nitrogens is 2. The van der Waals surface area contributed by atoms with E-state index in [2.05, 4.69) is 21.8 Å². The molecule has 0 amide bonds. The van der Waals surface area contributed by atoms with E-state index in [1.807, 2.05) is 6.07 Å². The van der Waals surface area contributed by atoms with Gasteiger partial charge in [0, 0.05) is 19.3 Å². The highest BCUT2D eigenvalue weighted by Crippen LogP contribution is 2.23. The van der Waals surface area contributed by atoms with Gasteiger partial charge in [-0.3, -0.25) is 0 Å². The molecule has 3 nitrogen and oxygen atoms in total. The van der Waals surface area contributed by atoms with Crippen molar-refractivity contribution in [3.63, 3.8) is 0 Å². The van der Waals surface area contributed by atoms with Crippen LogP contribution in [0.25, 0.3) is 0 Å². The van der Waals surface area contributed by atoms with Crippen molar-refractivity contribution in [1.82, 2.24) is 9.97 Å². The number of anilines is 1. The summed E-state index contributed by atoms with van der Waals surface area (Å²) in [5.41, 5.74) is 0. The third-order valence-electron chi connectivity index (χ3n) is 3.03. The largest absolute Gasteiger partial charge is 0.356 e. The molecular weight excluding hydrogens is 210 g/mol. The zero-order chi connectivity index (χ0) is 10.7. The molecule has 1 unspecified atom stereocenters. The van der Waals surface area contributed by atoms with E-state index in [4.69, 9.17) is 11.6 Å². The molecule has 1 aromatic rings. The van der Waals surface area contributed by atoms with Gasteiger partial charge in [0.05, 0.1) is 0 Å². The Morgan fingerprint density at radius 3 is 3.20 bits per heavy atom. The maximum Gasteiger partial charge on any atom is 0.224 e. The normalized spacial score (nSPS) is 21.7. The summed E-state index contributed by atoms with van der Waals surface area (Å²) in [6.07, 6.45) is 5.56. The molecule has 1 atom stereocenters. The van der Waals surface area contributed by atoms with E-state index in [1.54, 1.807) is 6.20 Å². The quantitative estimate of drug-likeness (QED) is 0.725. The highest BCUT2D eigenvalue weighted by atomic mass is 35.5. The molecule has 1 aliphatic heterocycles. The highest BCUT2D eigenvalue weighted by Gasteiger charge is 2.19. The summed E-state index contributed by atoms with van der Waals surface area (Å²) in [4.78, 5) is 10.5. The number of piperidine rings is 1. The van der Waals surface area contributed by atoms with Crippen molar-refractivity contribution < 1.29 is 0 Å². The molecule has 0 aliphatic carbocycles. The molecule has 15 heavy (non-hydrogen) atoms. The minimum absolute atomic E-state index is 0.339. The number of hydrogen-bond donors (Lipinski definition) is 0. The van der Waals surface area contributed by atoms with Crippen molar-refractivity contribution in [1.29, 1.82) is 0 Å². The standard InChI is InChI=1S/C11H16ClN3/c1-2-9-4-3-7-15(8-9)10-5-6-13-11(12)14-10/h5-6,9H,2-4,7-8H2,1H3. The van der Waals surface area contributed by atoms with E-state index in [0.717, 1.165) is 24.8 Å². The third kappa shape index (κ3) is 2.59. The molecular formula is C11H16ClN3. The molecule has 2 heterocycles. The molecule has 82 valence electrons. The monoisotopic (exact) mass is 225 g/mol. The van der Waals surface area contributed by atoms with Gasteiger partial charge in [-0.2, -0.15) is 0 Å². The van der Waals surface area contributed by atoms with Crippen LogP contribution >= 0.6 is 11.6 Å². The molecule has 1 aromatic heterocycles. The Labute approximate surface area is 95.5 Å². The van der Waals surface area contributed by atoms with Gasteiger partial charge < -0.3 is 4.90 Å². The van der Waals surface area contributed by atoms with Gasteiger partial charge in [0.2, 0.25) is 5.28 Å². The lowest BCUT2D eigenvalue weighted by Gasteiger charge is -2.33. The second kappa shape index (κ2) is 4.79. The Morgan fingerprint density at radius 2 is 2.47 bits per heavy atom. The van der Waals surface area contributed by atoms with Crippen molar-refractivity contribution in [2.24, 2.45) is 5.92 Å². The van der Waals surface area contributed by atoms with Crippen LogP contribution in [0, 0.1) is 5.92 Å². The highest BCUT2D eigenvalue weighted by molar-refractivity contribution is 6.28. The van der Waals surface area contributed by atoms with Crippen molar-refractivity contribution in [2.75, 3.05) is 18.0 Å². The second-order valence-electron chi connectivity index (χ2n) is 4.05. The fraction of sp³-hybridized carbons (Fsp3) is 0.636. The molecule has 0 spiro atoms. The minimum Gasteiger partial charge on any atom is -0.356 e. The van der Waals surface area contributed by atoms with Gasteiger partial charge in [-0.15, -0.1) is 0 Å². The number of hydrogen-bond acceptors (Lipinski definition) is 3. The third-order valence-corrected chi connectivity index (χ3v) is 3.21. The smallest absolute Gasteiger partial charge is 0.224 e. The minimum atomic E-state index is 0.339. The second-order valence-corrected chi connectivity index (χ2v) is 4.38. The SMILES string of the molecule is CCC1CCCN(c2ccnc(Cl)n2)C1. The summed E-state index contributed by atoms with van der Waals surface area (Å²) in [5.74, 6) is 1.76. The number of nitrogens with zero attached hydrogens (tertiary/aromatic N) is 3. The molecule has 1 saturated heterocycles. The molecule has 0 saturated carbocycles. The summed E-state index contributed by atoms with van der Waals surface area (Å²) < 4.78 is 0. The Bertz CT molecular complexity index is 329. The van der Waals surface area contributed by atoms with Crippen LogP contribution in [0.3, 0.4) is 0 Å². The first-order valence-corrected chi connectivity index (χ1v) is 5.91. The Balaban J connectivity index is 2.09. The average molecular weight is 226 g/mol. The summed E-state index contributed by atoms with van der Waals surface area (Å²) in [6.45, 7) is 4.44. The Kier molecular flexibility index (Phi) is 3.41. The first kappa shape index (κ1) is 10.7. The lowest BCUT2D eigenvalue weighted by molar-refractivity contribution is 0.403. The molecule has 4 heteroatoms. The first-order chi connectivity index (χ1) is 7.29. The topological polar surface area (TPSA) is 29.0 Å². The number of halogens is 1. The fourth-order valence-electron chi connectivity index (χ4n) is 2.11. The van der Waals surface area contributed by atoms with Crippen LogP contribution in [0.2, 0.25) is 5.28 Å². The summed E-state index contributed by atoms with van der Waals surface area (Å²) in [7, 11) is 0. The Hall–Kier alpha value is -0.830. The van der Waals surface area contributed by atoms with E-state index in [1.165, 1.54) is 19.3 Å².